The minimum absolute atomic E-state index is 0.155. The first kappa shape index (κ1) is 16.3. The Morgan fingerprint density at radius 2 is 2.03 bits per heavy atom. The maximum atomic E-state index is 12.9. The summed E-state index contributed by atoms with van der Waals surface area (Å²) >= 11 is 0. The third kappa shape index (κ3) is 1.76. The number of hydrogen-bond acceptors (Lipinski definition) is 5. The van der Waals surface area contributed by atoms with Crippen LogP contribution in [0.1, 0.15) is 60.9 Å². The number of ketones is 1. The van der Waals surface area contributed by atoms with E-state index in [0.29, 0.717) is 5.92 Å². The van der Waals surface area contributed by atoms with Crippen LogP contribution in [0.25, 0.3) is 22.2 Å². The molecule has 0 amide bonds. The second-order valence-corrected chi connectivity index (χ2v) is 9.71. The number of Topliss-reactive ketones (excluding diaryl/α,β-unsaturated/α-hetero) is 1. The standard InChI is InChI=1S/C23H23N3O3/c1-10-17(11(2)29-26-10)14-7-15(18-16(8-14)24-21(25-18)12-3-4-12)23(28)20-19(27)13-5-6-22(20,23)9-13/h7-8,12-13,20,28H,3-6,9H2,1-2H3,(H,24,25). The maximum absolute atomic E-state index is 12.9. The Hall–Kier alpha value is -2.47. The van der Waals surface area contributed by atoms with Crippen LogP contribution in [-0.4, -0.2) is 26.0 Å². The average Bonchev–Trinajstić information content (AvgIpc) is 3.33. The van der Waals surface area contributed by atoms with E-state index in [1.165, 1.54) is 0 Å². The quantitative estimate of drug-likeness (QED) is 0.709. The number of aliphatic hydroxyl groups is 1. The molecule has 6 heteroatoms. The summed E-state index contributed by atoms with van der Waals surface area (Å²) in [4.78, 5) is 21.3. The van der Waals surface area contributed by atoms with Gasteiger partial charge in [-0.25, -0.2) is 4.98 Å². The van der Waals surface area contributed by atoms with Crippen molar-refractivity contribution in [3.8, 4) is 11.1 Å². The van der Waals surface area contributed by atoms with Crippen LogP contribution >= 0.6 is 0 Å². The first-order valence-electron chi connectivity index (χ1n) is 10.7. The second-order valence-electron chi connectivity index (χ2n) is 9.71. The second kappa shape index (κ2) is 4.81. The summed E-state index contributed by atoms with van der Waals surface area (Å²) in [5, 5.41) is 16.0. The Bertz CT molecular complexity index is 1220. The number of nitrogens with one attached hydrogen (secondary N) is 1. The third-order valence-electron chi connectivity index (χ3n) is 8.18. The molecule has 2 aromatic heterocycles. The molecule has 29 heavy (non-hydrogen) atoms. The fraction of sp³-hybridized carbons (Fsp3) is 0.522. The van der Waals surface area contributed by atoms with Gasteiger partial charge in [-0.3, -0.25) is 4.79 Å². The number of imidazole rings is 1. The Morgan fingerprint density at radius 1 is 1.21 bits per heavy atom. The molecule has 3 aromatic rings. The predicted molar refractivity (Wildman–Crippen MR) is 105 cm³/mol. The number of carbonyl (C=O) groups is 1. The molecule has 4 atom stereocenters. The highest BCUT2D eigenvalue weighted by Crippen LogP contribution is 2.81. The zero-order valence-corrected chi connectivity index (χ0v) is 16.6. The Labute approximate surface area is 167 Å². The number of rotatable bonds is 3. The summed E-state index contributed by atoms with van der Waals surface area (Å²) in [6.45, 7) is 3.84. The van der Waals surface area contributed by atoms with Crippen molar-refractivity contribution in [2.45, 2.75) is 57.5 Å². The van der Waals surface area contributed by atoms with Crippen LogP contribution in [-0.2, 0) is 10.4 Å². The molecule has 0 saturated heterocycles. The van der Waals surface area contributed by atoms with E-state index in [2.05, 4.69) is 16.2 Å². The molecule has 0 radical (unpaired) electrons. The maximum Gasteiger partial charge on any atom is 0.143 e. The number of aromatic nitrogens is 3. The molecule has 4 fully saturated rings. The Morgan fingerprint density at radius 3 is 2.69 bits per heavy atom. The van der Waals surface area contributed by atoms with Crippen molar-refractivity contribution in [3.05, 3.63) is 35.0 Å². The lowest BCUT2D eigenvalue weighted by molar-refractivity contribution is -0.125. The summed E-state index contributed by atoms with van der Waals surface area (Å²) in [5.74, 6) is 2.39. The number of carbonyl (C=O) groups excluding carboxylic acids is 1. The van der Waals surface area contributed by atoms with Crippen molar-refractivity contribution in [1.82, 2.24) is 15.1 Å². The van der Waals surface area contributed by atoms with E-state index in [4.69, 9.17) is 9.51 Å². The fourth-order valence-corrected chi connectivity index (χ4v) is 6.66. The topological polar surface area (TPSA) is 92.0 Å². The van der Waals surface area contributed by atoms with E-state index in [9.17, 15) is 9.90 Å². The van der Waals surface area contributed by atoms with Crippen LogP contribution in [0.15, 0.2) is 16.7 Å². The Kier molecular flexibility index (Phi) is 2.71. The van der Waals surface area contributed by atoms with E-state index in [0.717, 1.165) is 77.1 Å². The van der Waals surface area contributed by atoms with Crippen LogP contribution in [0, 0.1) is 31.1 Å². The van der Waals surface area contributed by atoms with Gasteiger partial charge in [-0.1, -0.05) is 5.16 Å². The average molecular weight is 389 g/mol. The van der Waals surface area contributed by atoms with Crippen LogP contribution in [0.2, 0.25) is 0 Å². The van der Waals surface area contributed by atoms with Crippen LogP contribution < -0.4 is 0 Å². The van der Waals surface area contributed by atoms with E-state index >= 15 is 0 Å². The smallest absolute Gasteiger partial charge is 0.143 e. The van der Waals surface area contributed by atoms with Gasteiger partial charge in [0.1, 0.15) is 23.0 Å². The zero-order chi connectivity index (χ0) is 19.7. The van der Waals surface area contributed by atoms with E-state index in [1.54, 1.807) is 0 Å². The minimum atomic E-state index is -1.10. The number of hydrogen-bond donors (Lipinski definition) is 2. The molecule has 2 bridgehead atoms. The van der Waals surface area contributed by atoms with Crippen molar-refractivity contribution < 1.29 is 14.4 Å². The van der Waals surface area contributed by atoms with Crippen LogP contribution in [0.4, 0.5) is 0 Å². The van der Waals surface area contributed by atoms with Crippen molar-refractivity contribution >= 4 is 16.8 Å². The molecule has 6 nitrogen and oxygen atoms in total. The molecule has 7 rings (SSSR count). The summed E-state index contributed by atoms with van der Waals surface area (Å²) in [5.41, 5.74) is 3.93. The summed E-state index contributed by atoms with van der Waals surface area (Å²) in [7, 11) is 0. The normalized spacial score (nSPS) is 34.9. The molecule has 0 aliphatic heterocycles. The van der Waals surface area contributed by atoms with Gasteiger partial charge in [-0.2, -0.15) is 0 Å². The minimum Gasteiger partial charge on any atom is -0.384 e. The molecule has 2 N–H and O–H groups in total. The largest absolute Gasteiger partial charge is 0.384 e. The predicted octanol–water partition coefficient (Wildman–Crippen LogP) is 3.90. The molecule has 1 aromatic carbocycles. The van der Waals surface area contributed by atoms with Crippen molar-refractivity contribution in [2.75, 3.05) is 0 Å². The first-order chi connectivity index (χ1) is 13.9. The van der Waals surface area contributed by atoms with Crippen molar-refractivity contribution in [3.63, 3.8) is 0 Å². The molecule has 4 unspecified atom stereocenters. The molecular weight excluding hydrogens is 366 g/mol. The van der Waals surface area contributed by atoms with E-state index < -0.39 is 5.60 Å². The van der Waals surface area contributed by atoms with Crippen LogP contribution in [0.3, 0.4) is 0 Å². The van der Waals surface area contributed by atoms with E-state index in [1.807, 2.05) is 19.9 Å². The van der Waals surface area contributed by atoms with Gasteiger partial charge in [0.05, 0.1) is 22.6 Å². The Balaban J connectivity index is 1.49. The monoisotopic (exact) mass is 389 g/mol. The highest BCUT2D eigenvalue weighted by Gasteiger charge is 2.85. The molecule has 2 heterocycles. The van der Waals surface area contributed by atoms with Crippen molar-refractivity contribution in [2.24, 2.45) is 17.3 Å². The molecule has 4 saturated carbocycles. The number of benzene rings is 1. The molecule has 4 aliphatic carbocycles. The summed E-state index contributed by atoms with van der Waals surface area (Å²) in [6.07, 6.45) is 4.98. The molecule has 4 aliphatic rings. The van der Waals surface area contributed by atoms with Gasteiger partial charge in [-0.15, -0.1) is 0 Å². The number of aryl methyl sites for hydroxylation is 2. The fourth-order valence-electron chi connectivity index (χ4n) is 6.66. The number of H-pyrrole nitrogens is 1. The lowest BCUT2D eigenvalue weighted by atomic mass is 9.89. The highest BCUT2D eigenvalue weighted by molar-refractivity contribution is 5.97. The van der Waals surface area contributed by atoms with E-state index in [-0.39, 0.29) is 23.0 Å². The number of fused-ring (bicyclic) bond motifs is 2. The summed E-state index contributed by atoms with van der Waals surface area (Å²) < 4.78 is 5.40. The summed E-state index contributed by atoms with van der Waals surface area (Å²) in [6, 6.07) is 4.13. The lowest BCUT2D eigenvalue weighted by Crippen LogP contribution is -2.22. The highest BCUT2D eigenvalue weighted by atomic mass is 16.5. The first-order valence-corrected chi connectivity index (χ1v) is 10.7. The number of aromatic amines is 1. The SMILES string of the molecule is Cc1noc(C)c1-c1cc(C2(O)C3C(=O)C4CCC32C4)c2nc(C3CC3)[nH]c2c1. The van der Waals surface area contributed by atoms with Crippen LogP contribution in [0.5, 0.6) is 0 Å². The lowest BCUT2D eigenvalue weighted by Gasteiger charge is -2.20. The van der Waals surface area contributed by atoms with Gasteiger partial charge in [0.25, 0.3) is 0 Å². The van der Waals surface area contributed by atoms with Crippen molar-refractivity contribution in [1.29, 1.82) is 0 Å². The van der Waals surface area contributed by atoms with Gasteiger partial charge in [-0.05, 0) is 63.6 Å². The van der Waals surface area contributed by atoms with Gasteiger partial charge in [0.2, 0.25) is 0 Å². The third-order valence-corrected chi connectivity index (χ3v) is 8.18. The molecule has 1 spiro atoms. The molecular formula is C23H23N3O3. The van der Waals surface area contributed by atoms with Gasteiger partial charge in [0.15, 0.2) is 0 Å². The van der Waals surface area contributed by atoms with Gasteiger partial charge < -0.3 is 14.6 Å². The molecule has 148 valence electrons. The van der Waals surface area contributed by atoms with Gasteiger partial charge >= 0.3 is 0 Å². The van der Waals surface area contributed by atoms with Gasteiger partial charge in [0, 0.05) is 28.4 Å². The zero-order valence-electron chi connectivity index (χ0n) is 16.6. The number of nitrogens with zero attached hydrogens (tertiary/aromatic N) is 2.